The van der Waals surface area contributed by atoms with Gasteiger partial charge >= 0.3 is 17.3 Å². The second kappa shape index (κ2) is 8.38. The summed E-state index contributed by atoms with van der Waals surface area (Å²) < 4.78 is 7.86. The van der Waals surface area contributed by atoms with E-state index >= 15 is 0 Å². The molecule has 0 aliphatic heterocycles. The number of aromatic amines is 2. The second-order valence-electron chi connectivity index (χ2n) is 6.38. The normalized spacial score (nSPS) is 11.8. The molecule has 0 aliphatic rings. The topological polar surface area (TPSA) is 136 Å². The highest BCUT2D eigenvalue weighted by Gasteiger charge is 2.19. The van der Waals surface area contributed by atoms with Gasteiger partial charge in [0.2, 0.25) is 0 Å². The first-order valence-electron chi connectivity index (χ1n) is 8.69. The van der Waals surface area contributed by atoms with Gasteiger partial charge in [0.05, 0.1) is 18.7 Å². The summed E-state index contributed by atoms with van der Waals surface area (Å²) in [7, 11) is 0. The van der Waals surface area contributed by atoms with Gasteiger partial charge in [-0.1, -0.05) is 18.2 Å². The molecule has 2 N–H and O–H groups in total. The van der Waals surface area contributed by atoms with Crippen LogP contribution in [0.15, 0.2) is 68.0 Å². The maximum absolute atomic E-state index is 12.5. The number of ether oxygens (including phenoxy) is 1. The molecule has 0 amide bonds. The number of nitrogens with one attached hydrogen (secondary N) is 2. The first kappa shape index (κ1) is 19.8. The number of hydrogen-bond acceptors (Lipinski definition) is 6. The molecule has 1 aromatic carbocycles. The number of H-pyrrole nitrogens is 2. The summed E-state index contributed by atoms with van der Waals surface area (Å²) in [5.41, 5.74) is -1.81. The molecular formula is C19H18N4O6. The molecule has 3 aromatic rings. The van der Waals surface area contributed by atoms with E-state index in [4.69, 9.17) is 4.74 Å². The zero-order chi connectivity index (χ0) is 21.0. The Morgan fingerprint density at radius 3 is 2.31 bits per heavy atom. The Kier molecular flexibility index (Phi) is 5.72. The van der Waals surface area contributed by atoms with Crippen LogP contribution < -0.4 is 22.5 Å². The summed E-state index contributed by atoms with van der Waals surface area (Å²) >= 11 is 0. The third kappa shape index (κ3) is 4.86. The van der Waals surface area contributed by atoms with Crippen LogP contribution in [0, 0.1) is 6.92 Å². The largest absolute Gasteiger partial charge is 0.455 e. The highest BCUT2D eigenvalue weighted by atomic mass is 16.5. The number of carbonyl (C=O) groups is 1. The van der Waals surface area contributed by atoms with Crippen molar-refractivity contribution in [3.05, 3.63) is 102 Å². The number of rotatable bonds is 6. The van der Waals surface area contributed by atoms with Gasteiger partial charge in [-0.25, -0.2) is 14.4 Å². The molecule has 10 nitrogen and oxygen atoms in total. The van der Waals surface area contributed by atoms with Gasteiger partial charge in [0.15, 0.2) is 0 Å². The van der Waals surface area contributed by atoms with Crippen LogP contribution in [-0.4, -0.2) is 31.2 Å². The Labute approximate surface area is 163 Å². The molecule has 0 saturated carbocycles. The molecule has 150 valence electrons. The summed E-state index contributed by atoms with van der Waals surface area (Å²) in [5, 5.41) is 0. The summed E-state index contributed by atoms with van der Waals surface area (Å²) in [5.74, 6) is -0.637. The molecule has 0 saturated heterocycles. The molecular weight excluding hydrogens is 380 g/mol. The summed E-state index contributed by atoms with van der Waals surface area (Å²) in [6, 6.07) is 9.40. The third-order valence-electron chi connectivity index (χ3n) is 4.17. The van der Waals surface area contributed by atoms with Crippen molar-refractivity contribution >= 4 is 5.97 Å². The van der Waals surface area contributed by atoms with E-state index in [0.29, 0.717) is 11.1 Å². The molecule has 0 bridgehead atoms. The van der Waals surface area contributed by atoms with E-state index in [1.165, 1.54) is 23.9 Å². The fourth-order valence-electron chi connectivity index (χ4n) is 2.71. The maximum Gasteiger partial charge on any atom is 0.338 e. The maximum atomic E-state index is 12.5. The highest BCUT2D eigenvalue weighted by Crippen LogP contribution is 2.07. The Bertz CT molecular complexity index is 1250. The van der Waals surface area contributed by atoms with Crippen LogP contribution in [0.4, 0.5) is 0 Å². The SMILES string of the molecule is Cc1cn(CC(Cn2ccc(=O)[nH]c2=O)OC(=O)c2ccccc2)c(=O)[nH]c1=O. The number of nitrogens with zero attached hydrogens (tertiary/aromatic N) is 2. The van der Waals surface area contributed by atoms with E-state index in [1.54, 1.807) is 30.3 Å². The van der Waals surface area contributed by atoms with Crippen LogP contribution in [0.2, 0.25) is 0 Å². The second-order valence-corrected chi connectivity index (χ2v) is 6.38. The van der Waals surface area contributed by atoms with Gasteiger partial charge in [-0.15, -0.1) is 0 Å². The van der Waals surface area contributed by atoms with E-state index < -0.39 is 34.6 Å². The van der Waals surface area contributed by atoms with Crippen molar-refractivity contribution in [1.82, 2.24) is 19.1 Å². The third-order valence-corrected chi connectivity index (χ3v) is 4.17. The summed E-state index contributed by atoms with van der Waals surface area (Å²) in [6.45, 7) is 1.31. The van der Waals surface area contributed by atoms with Crippen LogP contribution in [0.1, 0.15) is 15.9 Å². The molecule has 29 heavy (non-hydrogen) atoms. The van der Waals surface area contributed by atoms with E-state index in [0.717, 1.165) is 10.6 Å². The van der Waals surface area contributed by atoms with Crippen molar-refractivity contribution in [2.45, 2.75) is 26.1 Å². The van der Waals surface area contributed by atoms with Gasteiger partial charge in [0, 0.05) is 24.0 Å². The van der Waals surface area contributed by atoms with Gasteiger partial charge in [0.1, 0.15) is 6.10 Å². The Balaban J connectivity index is 1.92. The van der Waals surface area contributed by atoms with Crippen molar-refractivity contribution in [3.63, 3.8) is 0 Å². The van der Waals surface area contributed by atoms with Crippen molar-refractivity contribution in [1.29, 1.82) is 0 Å². The molecule has 0 spiro atoms. The fourth-order valence-corrected chi connectivity index (χ4v) is 2.71. The van der Waals surface area contributed by atoms with Crippen LogP contribution in [0.5, 0.6) is 0 Å². The lowest BCUT2D eigenvalue weighted by molar-refractivity contribution is 0.0209. The van der Waals surface area contributed by atoms with E-state index in [9.17, 15) is 24.0 Å². The van der Waals surface area contributed by atoms with Crippen LogP contribution in [0.25, 0.3) is 0 Å². The molecule has 2 aromatic heterocycles. The first-order chi connectivity index (χ1) is 13.8. The van der Waals surface area contributed by atoms with Crippen molar-refractivity contribution < 1.29 is 9.53 Å². The molecule has 10 heteroatoms. The van der Waals surface area contributed by atoms with Crippen LogP contribution in [-0.2, 0) is 17.8 Å². The van der Waals surface area contributed by atoms with E-state index in [-0.39, 0.29) is 13.1 Å². The van der Waals surface area contributed by atoms with Crippen molar-refractivity contribution in [2.75, 3.05) is 0 Å². The summed E-state index contributed by atoms with van der Waals surface area (Å²) in [6.07, 6.45) is 1.68. The fraction of sp³-hybridized carbons (Fsp3) is 0.211. The number of carbonyl (C=O) groups excluding carboxylic acids is 1. The molecule has 0 fully saturated rings. The average Bonchev–Trinajstić information content (AvgIpc) is 2.68. The number of aromatic nitrogens is 4. The lowest BCUT2D eigenvalue weighted by Gasteiger charge is -2.20. The van der Waals surface area contributed by atoms with Crippen molar-refractivity contribution in [2.24, 2.45) is 0 Å². The van der Waals surface area contributed by atoms with Gasteiger partial charge in [-0.3, -0.25) is 28.7 Å². The van der Waals surface area contributed by atoms with Gasteiger partial charge < -0.3 is 4.74 Å². The number of hydrogen-bond donors (Lipinski definition) is 2. The molecule has 3 rings (SSSR count). The Hall–Kier alpha value is -3.95. The lowest BCUT2D eigenvalue weighted by atomic mass is 10.2. The minimum Gasteiger partial charge on any atom is -0.455 e. The number of esters is 1. The molecule has 0 radical (unpaired) electrons. The summed E-state index contributed by atoms with van der Waals surface area (Å²) in [4.78, 5) is 63.7. The molecule has 0 aliphatic carbocycles. The van der Waals surface area contributed by atoms with E-state index in [2.05, 4.69) is 9.97 Å². The molecule has 2 heterocycles. The average molecular weight is 398 g/mol. The minimum atomic E-state index is -0.936. The highest BCUT2D eigenvalue weighted by molar-refractivity contribution is 5.89. The molecule has 1 atom stereocenters. The smallest absolute Gasteiger partial charge is 0.338 e. The van der Waals surface area contributed by atoms with Gasteiger partial charge in [-0.05, 0) is 19.1 Å². The minimum absolute atomic E-state index is 0.111. The first-order valence-corrected chi connectivity index (χ1v) is 8.69. The predicted molar refractivity (Wildman–Crippen MR) is 103 cm³/mol. The van der Waals surface area contributed by atoms with Gasteiger partial charge in [0.25, 0.3) is 11.1 Å². The number of benzene rings is 1. The van der Waals surface area contributed by atoms with Crippen molar-refractivity contribution in [3.8, 4) is 0 Å². The monoisotopic (exact) mass is 398 g/mol. The zero-order valence-electron chi connectivity index (χ0n) is 15.5. The Morgan fingerprint density at radius 1 is 0.966 bits per heavy atom. The zero-order valence-corrected chi connectivity index (χ0v) is 15.5. The lowest BCUT2D eigenvalue weighted by Crippen LogP contribution is -2.39. The van der Waals surface area contributed by atoms with Crippen LogP contribution >= 0.6 is 0 Å². The molecule has 1 unspecified atom stereocenters. The van der Waals surface area contributed by atoms with Crippen LogP contribution in [0.3, 0.4) is 0 Å². The van der Waals surface area contributed by atoms with Gasteiger partial charge in [-0.2, -0.15) is 0 Å². The Morgan fingerprint density at radius 2 is 1.62 bits per heavy atom. The predicted octanol–water partition coefficient (Wildman–Crippen LogP) is -0.379. The number of aryl methyl sites for hydroxylation is 1. The standard InChI is InChI=1S/C19H18N4O6/c1-12-9-23(19(28)21-16(12)25)11-14(10-22-8-7-15(24)20-18(22)27)29-17(26)13-5-3-2-4-6-13/h2-9,14H,10-11H2,1H3,(H,20,24,27)(H,21,25,28). The quantitative estimate of drug-likeness (QED) is 0.543. The van der Waals surface area contributed by atoms with E-state index in [1.807, 2.05) is 0 Å².